The first-order valence-corrected chi connectivity index (χ1v) is 8.65. The summed E-state index contributed by atoms with van der Waals surface area (Å²) in [5.41, 5.74) is 8.38. The van der Waals surface area contributed by atoms with Gasteiger partial charge in [0.05, 0.1) is 0 Å². The van der Waals surface area contributed by atoms with E-state index in [1.807, 2.05) is 12.1 Å². The Hall–Kier alpha value is -1.65. The highest BCUT2D eigenvalue weighted by Gasteiger charge is 2.37. The van der Waals surface area contributed by atoms with Gasteiger partial charge in [-0.3, -0.25) is 4.79 Å². The molecular formula is C19H27N3O. The van der Waals surface area contributed by atoms with Gasteiger partial charge in [0.1, 0.15) is 0 Å². The molecule has 1 aliphatic heterocycles. The first-order valence-electron chi connectivity index (χ1n) is 8.65. The van der Waals surface area contributed by atoms with E-state index in [4.69, 9.17) is 5.73 Å². The molecule has 1 saturated heterocycles. The van der Waals surface area contributed by atoms with E-state index in [1.54, 1.807) is 12.1 Å². The minimum Gasteiger partial charge on any atom is -0.366 e. The summed E-state index contributed by atoms with van der Waals surface area (Å²) < 4.78 is 0. The lowest BCUT2D eigenvalue weighted by molar-refractivity contribution is 0.100. The van der Waals surface area contributed by atoms with E-state index >= 15 is 0 Å². The molecule has 124 valence electrons. The molecule has 1 saturated carbocycles. The third-order valence-corrected chi connectivity index (χ3v) is 5.09. The van der Waals surface area contributed by atoms with Gasteiger partial charge in [0, 0.05) is 11.6 Å². The molecule has 0 radical (unpaired) electrons. The Bertz CT molecular complexity index is 573. The molecule has 4 nitrogen and oxygen atoms in total. The third kappa shape index (κ3) is 4.43. The summed E-state index contributed by atoms with van der Waals surface area (Å²) in [6.45, 7) is 5.70. The van der Waals surface area contributed by atoms with Gasteiger partial charge >= 0.3 is 0 Å². The Labute approximate surface area is 138 Å². The Kier molecular flexibility index (Phi) is 5.13. The van der Waals surface area contributed by atoms with Crippen LogP contribution in [0.1, 0.15) is 42.1 Å². The predicted octanol–water partition coefficient (Wildman–Crippen LogP) is 2.17. The van der Waals surface area contributed by atoms with E-state index in [0.29, 0.717) is 17.5 Å². The number of nitrogens with one attached hydrogen (secondary N) is 2. The molecule has 3 rings (SSSR count). The van der Waals surface area contributed by atoms with E-state index in [1.165, 1.54) is 37.9 Å². The molecule has 1 heterocycles. The van der Waals surface area contributed by atoms with Crippen LogP contribution < -0.4 is 16.4 Å². The van der Waals surface area contributed by atoms with Gasteiger partial charge in [0.15, 0.2) is 0 Å². The molecule has 1 aromatic carbocycles. The second kappa shape index (κ2) is 7.28. The van der Waals surface area contributed by atoms with Crippen LogP contribution in [0, 0.1) is 11.8 Å². The number of carbonyl (C=O) groups excluding carboxylic acids is 1. The van der Waals surface area contributed by atoms with Crippen molar-refractivity contribution in [2.45, 2.75) is 32.2 Å². The van der Waals surface area contributed by atoms with Crippen molar-refractivity contribution in [1.29, 1.82) is 0 Å². The minimum atomic E-state index is -0.373. The zero-order valence-corrected chi connectivity index (χ0v) is 13.8. The molecule has 0 aromatic heterocycles. The van der Waals surface area contributed by atoms with Gasteiger partial charge in [-0.2, -0.15) is 0 Å². The highest BCUT2D eigenvalue weighted by molar-refractivity contribution is 5.92. The molecule has 0 spiro atoms. The first kappa shape index (κ1) is 16.2. The van der Waals surface area contributed by atoms with Crippen molar-refractivity contribution in [3.63, 3.8) is 0 Å². The van der Waals surface area contributed by atoms with Crippen LogP contribution in [0.4, 0.5) is 0 Å². The fourth-order valence-corrected chi connectivity index (χ4v) is 3.44. The van der Waals surface area contributed by atoms with Gasteiger partial charge in [-0.15, -0.1) is 0 Å². The van der Waals surface area contributed by atoms with Gasteiger partial charge in [-0.05, 0) is 75.4 Å². The summed E-state index contributed by atoms with van der Waals surface area (Å²) >= 11 is 0. The van der Waals surface area contributed by atoms with Crippen molar-refractivity contribution in [1.82, 2.24) is 10.6 Å². The number of amides is 1. The number of hydrogen-bond donors (Lipinski definition) is 3. The first-order chi connectivity index (χ1) is 11.1. The van der Waals surface area contributed by atoms with Crippen LogP contribution in [0.15, 0.2) is 29.8 Å². The average Bonchev–Trinajstić information content (AvgIpc) is 3.34. The fraction of sp³-hybridized carbons (Fsp3) is 0.526. The minimum absolute atomic E-state index is 0.373. The van der Waals surface area contributed by atoms with Crippen LogP contribution in [-0.2, 0) is 0 Å². The van der Waals surface area contributed by atoms with Crippen LogP contribution >= 0.6 is 0 Å². The number of piperidine rings is 1. The van der Waals surface area contributed by atoms with Crippen LogP contribution in [0.25, 0.3) is 6.08 Å². The summed E-state index contributed by atoms with van der Waals surface area (Å²) in [4.78, 5) is 11.1. The molecule has 4 N–H and O–H groups in total. The van der Waals surface area contributed by atoms with Crippen molar-refractivity contribution in [3.8, 4) is 0 Å². The monoisotopic (exact) mass is 313 g/mol. The standard InChI is InChI=1S/C19H27N3O/c1-13(10-14-2-4-16(5-3-14)19(20)23)17-11-18(17)22-12-15-6-8-21-9-7-15/h2-5,10,15,17-18,21-22H,6-9,11-12H2,1H3,(H2,20,23)/b13-10+. The molecule has 2 unspecified atom stereocenters. The van der Waals surface area contributed by atoms with Gasteiger partial charge in [-0.25, -0.2) is 0 Å². The quantitative estimate of drug-likeness (QED) is 0.754. The van der Waals surface area contributed by atoms with E-state index in [2.05, 4.69) is 23.6 Å². The van der Waals surface area contributed by atoms with Crippen molar-refractivity contribution < 1.29 is 4.79 Å². The van der Waals surface area contributed by atoms with Crippen LogP contribution in [0.2, 0.25) is 0 Å². The second-order valence-electron chi connectivity index (χ2n) is 6.92. The van der Waals surface area contributed by atoms with Gasteiger partial charge < -0.3 is 16.4 Å². The number of benzene rings is 1. The molecule has 4 heteroatoms. The van der Waals surface area contributed by atoms with Crippen molar-refractivity contribution in [3.05, 3.63) is 41.0 Å². The van der Waals surface area contributed by atoms with Gasteiger partial charge in [-0.1, -0.05) is 23.8 Å². The summed E-state index contributed by atoms with van der Waals surface area (Å²) in [5.74, 6) is 1.12. The normalized spacial score (nSPS) is 25.3. The molecule has 1 amide bonds. The van der Waals surface area contributed by atoms with Crippen LogP contribution in [0.5, 0.6) is 0 Å². The lowest BCUT2D eigenvalue weighted by Crippen LogP contribution is -2.34. The maximum atomic E-state index is 11.1. The maximum Gasteiger partial charge on any atom is 0.248 e. The highest BCUT2D eigenvalue weighted by Crippen LogP contribution is 2.38. The fourth-order valence-electron chi connectivity index (χ4n) is 3.44. The number of carbonyl (C=O) groups is 1. The summed E-state index contributed by atoms with van der Waals surface area (Å²) in [6.07, 6.45) is 6.06. The molecule has 1 aliphatic carbocycles. The number of nitrogens with two attached hydrogens (primary N) is 1. The van der Waals surface area contributed by atoms with E-state index in [-0.39, 0.29) is 5.91 Å². The van der Waals surface area contributed by atoms with Crippen LogP contribution in [-0.4, -0.2) is 31.6 Å². The predicted molar refractivity (Wildman–Crippen MR) is 94.1 cm³/mol. The van der Waals surface area contributed by atoms with Crippen LogP contribution in [0.3, 0.4) is 0 Å². The third-order valence-electron chi connectivity index (χ3n) is 5.09. The Balaban J connectivity index is 1.48. The Morgan fingerprint density at radius 2 is 2.00 bits per heavy atom. The average molecular weight is 313 g/mol. The molecule has 2 atom stereocenters. The van der Waals surface area contributed by atoms with Gasteiger partial charge in [0.2, 0.25) is 5.91 Å². The maximum absolute atomic E-state index is 11.1. The topological polar surface area (TPSA) is 67.2 Å². The number of primary amides is 1. The number of hydrogen-bond acceptors (Lipinski definition) is 3. The largest absolute Gasteiger partial charge is 0.366 e. The molecule has 1 aromatic rings. The van der Waals surface area contributed by atoms with Crippen molar-refractivity contribution in [2.24, 2.45) is 17.6 Å². The summed E-state index contributed by atoms with van der Waals surface area (Å²) in [5, 5.41) is 7.15. The second-order valence-corrected chi connectivity index (χ2v) is 6.92. The Morgan fingerprint density at radius 3 is 2.65 bits per heavy atom. The number of rotatable bonds is 6. The zero-order chi connectivity index (χ0) is 16.2. The zero-order valence-electron chi connectivity index (χ0n) is 13.8. The van der Waals surface area contributed by atoms with Crippen molar-refractivity contribution in [2.75, 3.05) is 19.6 Å². The lowest BCUT2D eigenvalue weighted by Gasteiger charge is -2.22. The lowest BCUT2D eigenvalue weighted by atomic mass is 9.98. The summed E-state index contributed by atoms with van der Waals surface area (Å²) in [7, 11) is 0. The van der Waals surface area contributed by atoms with E-state index in [0.717, 1.165) is 18.0 Å². The molecule has 23 heavy (non-hydrogen) atoms. The van der Waals surface area contributed by atoms with E-state index < -0.39 is 0 Å². The smallest absolute Gasteiger partial charge is 0.248 e. The van der Waals surface area contributed by atoms with Gasteiger partial charge in [0.25, 0.3) is 0 Å². The SMILES string of the molecule is C/C(=C\c1ccc(C(N)=O)cc1)C1CC1NCC1CCNCC1. The van der Waals surface area contributed by atoms with Crippen molar-refractivity contribution >= 4 is 12.0 Å². The Morgan fingerprint density at radius 1 is 1.30 bits per heavy atom. The highest BCUT2D eigenvalue weighted by atomic mass is 16.1. The van der Waals surface area contributed by atoms with E-state index in [9.17, 15) is 4.79 Å². The molecular weight excluding hydrogens is 286 g/mol. The molecule has 2 fully saturated rings. The summed E-state index contributed by atoms with van der Waals surface area (Å²) in [6, 6.07) is 8.15. The molecule has 2 aliphatic rings. The molecule has 0 bridgehead atoms.